The molecule has 1 unspecified atom stereocenters. The van der Waals surface area contributed by atoms with Crippen LogP contribution in [0.3, 0.4) is 0 Å². The number of rotatable bonds is 14. The van der Waals surface area contributed by atoms with E-state index in [0.29, 0.717) is 29.2 Å². The standard InChI is InChI=1S/C37H43F3O/c1-3-5-7-8-9-11-25-41-35-24-23-33(36(39)37(35)40)30-19-17-29(18-20-30)32-22-21-31(26-34(32)38)28-15-13-27(14-16-28)12-10-6-4-2/h4,6,15,17-24,26-27H,3,5,7-14,16,25H2,1-2H3. The Morgan fingerprint density at radius 2 is 1.49 bits per heavy atom. The lowest BCUT2D eigenvalue weighted by Crippen LogP contribution is -2.05. The average Bonchev–Trinajstić information content (AvgIpc) is 2.99. The first-order valence-corrected chi connectivity index (χ1v) is 15.3. The normalized spacial score (nSPS) is 15.3. The van der Waals surface area contributed by atoms with Crippen LogP contribution in [0.1, 0.15) is 90.0 Å². The second-order valence-electron chi connectivity index (χ2n) is 11.1. The van der Waals surface area contributed by atoms with E-state index in [9.17, 15) is 8.78 Å². The summed E-state index contributed by atoms with van der Waals surface area (Å²) in [6, 6.07) is 15.4. The number of hydrogen-bond donors (Lipinski definition) is 0. The molecule has 0 aromatic heterocycles. The highest BCUT2D eigenvalue weighted by molar-refractivity contribution is 5.74. The van der Waals surface area contributed by atoms with Gasteiger partial charge in [0.15, 0.2) is 11.6 Å². The van der Waals surface area contributed by atoms with Crippen molar-refractivity contribution in [1.29, 1.82) is 0 Å². The van der Waals surface area contributed by atoms with E-state index >= 15 is 4.39 Å². The summed E-state index contributed by atoms with van der Waals surface area (Å²) in [7, 11) is 0. The Labute approximate surface area is 244 Å². The summed E-state index contributed by atoms with van der Waals surface area (Å²) in [6.07, 6.45) is 18.6. The van der Waals surface area contributed by atoms with Gasteiger partial charge >= 0.3 is 0 Å². The summed E-state index contributed by atoms with van der Waals surface area (Å²) in [5.74, 6) is -1.55. The molecule has 4 heteroatoms. The molecule has 3 aromatic rings. The van der Waals surface area contributed by atoms with E-state index < -0.39 is 11.6 Å². The van der Waals surface area contributed by atoms with Crippen molar-refractivity contribution in [1.82, 2.24) is 0 Å². The van der Waals surface area contributed by atoms with Crippen LogP contribution in [0.15, 0.2) is 72.8 Å². The maximum Gasteiger partial charge on any atom is 0.201 e. The van der Waals surface area contributed by atoms with Gasteiger partial charge in [-0.1, -0.05) is 93.7 Å². The predicted molar refractivity (Wildman–Crippen MR) is 165 cm³/mol. The highest BCUT2D eigenvalue weighted by atomic mass is 19.2. The molecule has 4 rings (SSSR count). The molecule has 0 bridgehead atoms. The number of halogens is 3. The molecule has 0 spiro atoms. The van der Waals surface area contributed by atoms with Gasteiger partial charge in [0.1, 0.15) is 5.82 Å². The average molecular weight is 561 g/mol. The first-order valence-electron chi connectivity index (χ1n) is 15.3. The number of benzene rings is 3. The molecule has 1 atom stereocenters. The van der Waals surface area contributed by atoms with Crippen molar-refractivity contribution in [3.8, 4) is 28.0 Å². The SMILES string of the molecule is CC=CCCC1CC=C(c2ccc(-c3ccc(-c4ccc(OCCCCCCCC)c(F)c4F)cc3)c(F)c2)CC1. The van der Waals surface area contributed by atoms with Crippen LogP contribution in [0.4, 0.5) is 13.2 Å². The Kier molecular flexibility index (Phi) is 11.7. The van der Waals surface area contributed by atoms with Crippen molar-refractivity contribution in [2.45, 2.75) is 84.5 Å². The van der Waals surface area contributed by atoms with Crippen molar-refractivity contribution in [2.75, 3.05) is 6.61 Å². The Hall–Kier alpha value is -3.27. The van der Waals surface area contributed by atoms with Gasteiger partial charge in [-0.05, 0) is 91.8 Å². The third-order valence-corrected chi connectivity index (χ3v) is 8.15. The van der Waals surface area contributed by atoms with Crippen molar-refractivity contribution in [3.05, 3.63) is 95.8 Å². The first kappa shape index (κ1) is 30.7. The molecule has 0 saturated carbocycles. The zero-order valence-corrected chi connectivity index (χ0v) is 24.5. The highest BCUT2D eigenvalue weighted by Gasteiger charge is 2.18. The Bertz CT molecular complexity index is 1320. The van der Waals surface area contributed by atoms with Crippen LogP contribution in [0.25, 0.3) is 27.8 Å². The number of unbranched alkanes of at least 4 members (excludes halogenated alkanes) is 5. The predicted octanol–water partition coefficient (Wildman–Crippen LogP) is 11.7. The molecule has 0 fully saturated rings. The summed E-state index contributed by atoms with van der Waals surface area (Å²) in [5.41, 5.74) is 4.02. The van der Waals surface area contributed by atoms with Crippen molar-refractivity contribution < 1.29 is 17.9 Å². The molecular weight excluding hydrogens is 517 g/mol. The minimum Gasteiger partial charge on any atom is -0.490 e. The van der Waals surface area contributed by atoms with E-state index in [1.54, 1.807) is 36.4 Å². The van der Waals surface area contributed by atoms with Gasteiger partial charge in [-0.3, -0.25) is 0 Å². The fourth-order valence-corrected chi connectivity index (χ4v) is 5.62. The van der Waals surface area contributed by atoms with Crippen LogP contribution < -0.4 is 4.74 Å². The quantitative estimate of drug-likeness (QED) is 0.141. The van der Waals surface area contributed by atoms with E-state index in [4.69, 9.17) is 4.74 Å². The lowest BCUT2D eigenvalue weighted by atomic mass is 9.84. The molecule has 3 aromatic carbocycles. The monoisotopic (exact) mass is 560 g/mol. The number of ether oxygens (including phenoxy) is 1. The summed E-state index contributed by atoms with van der Waals surface area (Å²) in [5, 5.41) is 0. The van der Waals surface area contributed by atoms with Crippen LogP contribution in [0.2, 0.25) is 0 Å². The topological polar surface area (TPSA) is 9.23 Å². The van der Waals surface area contributed by atoms with Gasteiger partial charge in [0.2, 0.25) is 5.82 Å². The molecule has 218 valence electrons. The first-order chi connectivity index (χ1) is 20.0. The minimum absolute atomic E-state index is 0.0594. The summed E-state index contributed by atoms with van der Waals surface area (Å²) in [6.45, 7) is 4.60. The van der Waals surface area contributed by atoms with Gasteiger partial charge in [-0.15, -0.1) is 0 Å². The van der Waals surface area contributed by atoms with E-state index in [1.807, 2.05) is 12.1 Å². The van der Waals surface area contributed by atoms with Crippen molar-refractivity contribution in [2.24, 2.45) is 5.92 Å². The van der Waals surface area contributed by atoms with Crippen LogP contribution in [0, 0.1) is 23.4 Å². The largest absolute Gasteiger partial charge is 0.490 e. The molecule has 41 heavy (non-hydrogen) atoms. The van der Waals surface area contributed by atoms with Gasteiger partial charge in [0.25, 0.3) is 0 Å². The molecule has 0 radical (unpaired) electrons. The van der Waals surface area contributed by atoms with E-state index in [1.165, 1.54) is 37.3 Å². The van der Waals surface area contributed by atoms with Gasteiger partial charge in [0, 0.05) is 11.1 Å². The molecular formula is C37H43F3O. The molecule has 0 amide bonds. The lowest BCUT2D eigenvalue weighted by Gasteiger charge is -2.22. The Balaban J connectivity index is 1.38. The Morgan fingerprint density at radius 3 is 2.17 bits per heavy atom. The third-order valence-electron chi connectivity index (χ3n) is 8.15. The fraction of sp³-hybridized carbons (Fsp3) is 0.405. The van der Waals surface area contributed by atoms with Crippen molar-refractivity contribution >= 4 is 5.57 Å². The third kappa shape index (κ3) is 8.38. The molecule has 0 heterocycles. The second kappa shape index (κ2) is 15.7. The fourth-order valence-electron chi connectivity index (χ4n) is 5.62. The van der Waals surface area contributed by atoms with Gasteiger partial charge in [-0.2, -0.15) is 4.39 Å². The number of hydrogen-bond acceptors (Lipinski definition) is 1. The van der Waals surface area contributed by atoms with Crippen LogP contribution >= 0.6 is 0 Å². The second-order valence-corrected chi connectivity index (χ2v) is 11.1. The van der Waals surface area contributed by atoms with Crippen LogP contribution in [-0.2, 0) is 0 Å². The Morgan fingerprint density at radius 1 is 0.805 bits per heavy atom. The maximum absolute atomic E-state index is 15.2. The number of allylic oxidation sites excluding steroid dienone is 4. The molecule has 1 aliphatic rings. The highest BCUT2D eigenvalue weighted by Crippen LogP contribution is 2.35. The smallest absolute Gasteiger partial charge is 0.201 e. The van der Waals surface area contributed by atoms with Crippen molar-refractivity contribution in [3.63, 3.8) is 0 Å². The molecule has 1 nitrogen and oxygen atoms in total. The van der Waals surface area contributed by atoms with Crippen LogP contribution in [0.5, 0.6) is 5.75 Å². The van der Waals surface area contributed by atoms with Gasteiger partial charge in [-0.25, -0.2) is 8.78 Å². The van der Waals surface area contributed by atoms with E-state index in [2.05, 4.69) is 32.1 Å². The van der Waals surface area contributed by atoms with Gasteiger partial charge in [0.05, 0.1) is 6.61 Å². The molecule has 0 aliphatic heterocycles. The molecule has 0 saturated heterocycles. The minimum atomic E-state index is -0.972. The van der Waals surface area contributed by atoms with Crippen LogP contribution in [-0.4, -0.2) is 6.61 Å². The molecule has 1 aliphatic carbocycles. The summed E-state index contributed by atoms with van der Waals surface area (Å²) < 4.78 is 50.4. The summed E-state index contributed by atoms with van der Waals surface area (Å²) in [4.78, 5) is 0. The maximum atomic E-state index is 15.2. The molecule has 0 N–H and O–H groups in total. The summed E-state index contributed by atoms with van der Waals surface area (Å²) >= 11 is 0. The van der Waals surface area contributed by atoms with E-state index in [0.717, 1.165) is 50.5 Å². The lowest BCUT2D eigenvalue weighted by molar-refractivity contribution is 0.285. The van der Waals surface area contributed by atoms with Gasteiger partial charge < -0.3 is 4.74 Å². The zero-order valence-electron chi connectivity index (χ0n) is 24.5. The zero-order chi connectivity index (χ0) is 29.0. The van der Waals surface area contributed by atoms with E-state index in [-0.39, 0.29) is 17.1 Å².